The Bertz CT molecular complexity index is 371. The van der Waals surface area contributed by atoms with E-state index in [9.17, 15) is 4.79 Å². The number of hydrogen-bond donors (Lipinski definition) is 2. The van der Waals surface area contributed by atoms with Crippen LogP contribution >= 0.6 is 0 Å². The van der Waals surface area contributed by atoms with Gasteiger partial charge in [0.25, 0.3) is 0 Å². The van der Waals surface area contributed by atoms with Crippen LogP contribution in [-0.4, -0.2) is 16.6 Å². The minimum absolute atomic E-state index is 0.0133. The van der Waals surface area contributed by atoms with Crippen LogP contribution in [0, 0.1) is 6.92 Å². The molecule has 74 valence electrons. The molecule has 2 rings (SSSR count). The molecule has 0 bridgehead atoms. The van der Waals surface area contributed by atoms with Gasteiger partial charge in [-0.15, -0.1) is 0 Å². The van der Waals surface area contributed by atoms with Gasteiger partial charge in [-0.25, -0.2) is 0 Å². The highest BCUT2D eigenvalue weighted by Crippen LogP contribution is 2.49. The first-order valence-electron chi connectivity index (χ1n) is 4.63. The summed E-state index contributed by atoms with van der Waals surface area (Å²) < 4.78 is 0. The van der Waals surface area contributed by atoms with E-state index < -0.39 is 11.5 Å². The van der Waals surface area contributed by atoms with E-state index in [4.69, 9.17) is 10.8 Å². The van der Waals surface area contributed by atoms with Crippen molar-refractivity contribution in [3.8, 4) is 0 Å². The first kappa shape index (κ1) is 9.21. The second kappa shape index (κ2) is 2.82. The lowest BCUT2D eigenvalue weighted by Gasteiger charge is -2.05. The van der Waals surface area contributed by atoms with E-state index in [0.717, 1.165) is 5.56 Å². The molecule has 1 aromatic carbocycles. The highest BCUT2D eigenvalue weighted by Gasteiger charge is 2.58. The van der Waals surface area contributed by atoms with Gasteiger partial charge in [0.05, 0.1) is 0 Å². The van der Waals surface area contributed by atoms with Crippen LogP contribution < -0.4 is 5.73 Å². The summed E-state index contributed by atoms with van der Waals surface area (Å²) in [6.07, 6.45) is 0.547. The van der Waals surface area contributed by atoms with Crippen LogP contribution in [-0.2, 0) is 4.79 Å². The van der Waals surface area contributed by atoms with Gasteiger partial charge in [0.1, 0.15) is 5.54 Å². The number of nitrogens with two attached hydrogens (primary N) is 1. The smallest absolute Gasteiger partial charge is 0.324 e. The molecule has 0 saturated heterocycles. The fraction of sp³-hybridized carbons (Fsp3) is 0.364. The zero-order valence-corrected chi connectivity index (χ0v) is 8.03. The van der Waals surface area contributed by atoms with Crippen LogP contribution in [0.5, 0.6) is 0 Å². The standard InChI is InChI=1S/C11H13NO2/c1-7-2-4-8(5-3-7)9-6-11(9,12)10(13)14/h2-5,9H,6,12H2,1H3,(H,13,14)/t9-,11+/m0/s1. The average molecular weight is 191 g/mol. The summed E-state index contributed by atoms with van der Waals surface area (Å²) in [6.45, 7) is 2.00. The largest absolute Gasteiger partial charge is 0.480 e. The lowest BCUT2D eigenvalue weighted by Crippen LogP contribution is -2.34. The van der Waals surface area contributed by atoms with Gasteiger partial charge in [0.2, 0.25) is 0 Å². The number of carboxylic acid groups (broad SMARTS) is 1. The Morgan fingerprint density at radius 3 is 2.50 bits per heavy atom. The second-order valence-electron chi connectivity index (χ2n) is 4.01. The number of rotatable bonds is 2. The van der Waals surface area contributed by atoms with Gasteiger partial charge in [-0.1, -0.05) is 29.8 Å². The van der Waals surface area contributed by atoms with Crippen molar-refractivity contribution in [1.29, 1.82) is 0 Å². The van der Waals surface area contributed by atoms with Gasteiger partial charge in [0.15, 0.2) is 0 Å². The maximum Gasteiger partial charge on any atom is 0.324 e. The molecule has 0 unspecified atom stereocenters. The lowest BCUT2D eigenvalue weighted by molar-refractivity contribution is -0.139. The SMILES string of the molecule is Cc1ccc([C@@H]2C[C@]2(N)C(=O)O)cc1. The normalized spacial score (nSPS) is 30.0. The maximum absolute atomic E-state index is 10.8. The predicted molar refractivity (Wildman–Crippen MR) is 53.1 cm³/mol. The van der Waals surface area contributed by atoms with E-state index in [1.165, 1.54) is 5.56 Å². The van der Waals surface area contributed by atoms with Gasteiger partial charge in [-0.2, -0.15) is 0 Å². The Balaban J connectivity index is 2.21. The zero-order chi connectivity index (χ0) is 10.3. The molecule has 1 saturated carbocycles. The number of aliphatic carboxylic acids is 1. The van der Waals surface area contributed by atoms with Crippen molar-refractivity contribution in [3.05, 3.63) is 35.4 Å². The van der Waals surface area contributed by atoms with E-state index in [-0.39, 0.29) is 5.92 Å². The van der Waals surface area contributed by atoms with E-state index >= 15 is 0 Å². The molecule has 3 heteroatoms. The first-order valence-corrected chi connectivity index (χ1v) is 4.63. The zero-order valence-electron chi connectivity index (χ0n) is 8.03. The molecule has 0 aliphatic heterocycles. The molecule has 0 aromatic heterocycles. The van der Waals surface area contributed by atoms with Crippen molar-refractivity contribution >= 4 is 5.97 Å². The van der Waals surface area contributed by atoms with Crippen LogP contribution in [0.15, 0.2) is 24.3 Å². The molecule has 0 amide bonds. The summed E-state index contributed by atoms with van der Waals surface area (Å²) in [5.41, 5.74) is 6.89. The number of aryl methyl sites for hydroxylation is 1. The molecule has 1 aliphatic rings. The summed E-state index contributed by atoms with van der Waals surface area (Å²) >= 11 is 0. The Morgan fingerprint density at radius 1 is 1.50 bits per heavy atom. The molecule has 14 heavy (non-hydrogen) atoms. The Morgan fingerprint density at radius 2 is 2.07 bits per heavy atom. The Kier molecular flexibility index (Phi) is 1.86. The molecule has 0 heterocycles. The number of hydrogen-bond acceptors (Lipinski definition) is 2. The second-order valence-corrected chi connectivity index (χ2v) is 4.01. The van der Waals surface area contributed by atoms with Crippen LogP contribution in [0.25, 0.3) is 0 Å². The van der Waals surface area contributed by atoms with Crippen LogP contribution in [0.4, 0.5) is 0 Å². The van der Waals surface area contributed by atoms with Crippen molar-refractivity contribution in [2.24, 2.45) is 5.73 Å². The van der Waals surface area contributed by atoms with Gasteiger partial charge in [-0.3, -0.25) is 4.79 Å². The average Bonchev–Trinajstić information content (AvgIpc) is 2.81. The minimum atomic E-state index is -1.02. The molecular formula is C11H13NO2. The van der Waals surface area contributed by atoms with Crippen molar-refractivity contribution in [3.63, 3.8) is 0 Å². The number of carboxylic acids is 1. The van der Waals surface area contributed by atoms with E-state index in [0.29, 0.717) is 6.42 Å². The molecule has 1 aliphatic carbocycles. The third-order valence-electron chi connectivity index (χ3n) is 2.88. The van der Waals surface area contributed by atoms with Crippen molar-refractivity contribution < 1.29 is 9.90 Å². The fourth-order valence-corrected chi connectivity index (χ4v) is 1.73. The summed E-state index contributed by atoms with van der Waals surface area (Å²) in [6, 6.07) is 7.88. The fourth-order valence-electron chi connectivity index (χ4n) is 1.73. The lowest BCUT2D eigenvalue weighted by atomic mass is 10.1. The molecule has 3 N–H and O–H groups in total. The highest BCUT2D eigenvalue weighted by molar-refractivity contribution is 5.84. The number of carbonyl (C=O) groups is 1. The quantitative estimate of drug-likeness (QED) is 0.739. The Hall–Kier alpha value is -1.35. The van der Waals surface area contributed by atoms with Gasteiger partial charge < -0.3 is 10.8 Å². The predicted octanol–water partition coefficient (Wildman–Crippen LogP) is 1.26. The van der Waals surface area contributed by atoms with E-state index in [1.807, 2.05) is 31.2 Å². The van der Waals surface area contributed by atoms with Crippen molar-refractivity contribution in [1.82, 2.24) is 0 Å². The maximum atomic E-state index is 10.8. The topological polar surface area (TPSA) is 63.3 Å². The Labute approximate surface area is 82.5 Å². The highest BCUT2D eigenvalue weighted by atomic mass is 16.4. The van der Waals surface area contributed by atoms with Gasteiger partial charge in [-0.05, 0) is 18.9 Å². The van der Waals surface area contributed by atoms with Gasteiger partial charge in [0, 0.05) is 5.92 Å². The molecule has 1 aromatic rings. The first-order chi connectivity index (χ1) is 6.54. The monoisotopic (exact) mass is 191 g/mol. The van der Waals surface area contributed by atoms with Crippen molar-refractivity contribution in [2.45, 2.75) is 24.8 Å². The van der Waals surface area contributed by atoms with Crippen LogP contribution in [0.3, 0.4) is 0 Å². The minimum Gasteiger partial charge on any atom is -0.480 e. The summed E-state index contributed by atoms with van der Waals surface area (Å²) in [7, 11) is 0. The molecule has 2 atom stereocenters. The van der Waals surface area contributed by atoms with Crippen LogP contribution in [0.2, 0.25) is 0 Å². The third-order valence-corrected chi connectivity index (χ3v) is 2.88. The third kappa shape index (κ3) is 1.30. The summed E-state index contributed by atoms with van der Waals surface area (Å²) in [4.78, 5) is 10.8. The molecule has 1 fully saturated rings. The van der Waals surface area contributed by atoms with E-state index in [1.54, 1.807) is 0 Å². The summed E-state index contributed by atoms with van der Waals surface area (Å²) in [5.74, 6) is -0.913. The molecular weight excluding hydrogens is 178 g/mol. The van der Waals surface area contributed by atoms with Gasteiger partial charge >= 0.3 is 5.97 Å². The summed E-state index contributed by atoms with van der Waals surface area (Å²) in [5, 5.41) is 8.87. The number of benzene rings is 1. The van der Waals surface area contributed by atoms with Crippen molar-refractivity contribution in [2.75, 3.05) is 0 Å². The molecule has 3 nitrogen and oxygen atoms in total. The van der Waals surface area contributed by atoms with Crippen LogP contribution in [0.1, 0.15) is 23.5 Å². The molecule has 0 spiro atoms. The molecule has 0 radical (unpaired) electrons. The van der Waals surface area contributed by atoms with E-state index in [2.05, 4.69) is 0 Å².